The molecule has 1 fully saturated rings. The van der Waals surface area contributed by atoms with E-state index in [0.29, 0.717) is 19.3 Å². The highest BCUT2D eigenvalue weighted by Crippen LogP contribution is 2.14. The first-order valence-corrected chi connectivity index (χ1v) is 9.52. The molecule has 2 amide bonds. The zero-order valence-corrected chi connectivity index (χ0v) is 15.4. The van der Waals surface area contributed by atoms with Crippen LogP contribution in [0.4, 0.5) is 0 Å². The highest BCUT2D eigenvalue weighted by Gasteiger charge is 2.27. The maximum atomic E-state index is 12.9. The number of aryl methyl sites for hydroxylation is 1. The predicted molar refractivity (Wildman–Crippen MR) is 104 cm³/mol. The van der Waals surface area contributed by atoms with Crippen LogP contribution in [0.15, 0.2) is 54.6 Å². The average molecular weight is 366 g/mol. The summed E-state index contributed by atoms with van der Waals surface area (Å²) in [5.41, 5.74) is 2.02. The van der Waals surface area contributed by atoms with Crippen LogP contribution in [0, 0.1) is 0 Å². The zero-order valence-electron chi connectivity index (χ0n) is 15.4. The summed E-state index contributed by atoms with van der Waals surface area (Å²) in [6.45, 7) is 1.54. The fourth-order valence-electron chi connectivity index (χ4n) is 3.39. The number of nitrogens with one attached hydrogen (secondary N) is 1. The molecule has 27 heavy (non-hydrogen) atoms. The van der Waals surface area contributed by atoms with Gasteiger partial charge in [0.2, 0.25) is 11.8 Å². The molecule has 1 heterocycles. The maximum Gasteiger partial charge on any atom is 0.245 e. The first-order valence-electron chi connectivity index (χ1n) is 9.52. The normalized spacial score (nSPS) is 14.7. The lowest BCUT2D eigenvalue weighted by molar-refractivity contribution is -0.135. The van der Waals surface area contributed by atoms with Gasteiger partial charge in [0.1, 0.15) is 11.8 Å². The Morgan fingerprint density at radius 3 is 2.30 bits per heavy atom. The summed E-state index contributed by atoms with van der Waals surface area (Å²) in [7, 11) is 0. The molecule has 0 bridgehead atoms. The van der Waals surface area contributed by atoms with Gasteiger partial charge in [-0.2, -0.15) is 0 Å². The molecule has 0 spiro atoms. The minimum Gasteiger partial charge on any atom is -0.508 e. The number of nitrogens with zero attached hydrogens (tertiary/aromatic N) is 1. The number of rotatable bonds is 7. The monoisotopic (exact) mass is 366 g/mol. The first kappa shape index (κ1) is 19.0. The van der Waals surface area contributed by atoms with Gasteiger partial charge in [0, 0.05) is 25.9 Å². The minimum absolute atomic E-state index is 0.00864. The third-order valence-corrected chi connectivity index (χ3v) is 4.91. The van der Waals surface area contributed by atoms with Gasteiger partial charge in [-0.1, -0.05) is 42.5 Å². The number of hydrogen-bond donors (Lipinski definition) is 2. The number of likely N-dealkylation sites (tertiary alicyclic amines) is 1. The molecule has 1 aliphatic rings. The molecule has 3 rings (SSSR count). The Balaban J connectivity index is 1.61. The van der Waals surface area contributed by atoms with Gasteiger partial charge in [-0.05, 0) is 42.5 Å². The maximum absolute atomic E-state index is 12.9. The summed E-state index contributed by atoms with van der Waals surface area (Å²) < 4.78 is 0. The van der Waals surface area contributed by atoms with Crippen LogP contribution >= 0.6 is 0 Å². The molecule has 1 atom stereocenters. The third-order valence-electron chi connectivity index (χ3n) is 4.91. The summed E-state index contributed by atoms with van der Waals surface area (Å²) in [5, 5.41) is 12.3. The second kappa shape index (κ2) is 9.21. The van der Waals surface area contributed by atoms with Crippen molar-refractivity contribution in [2.45, 2.75) is 38.1 Å². The molecule has 0 radical (unpaired) electrons. The number of aromatic hydroxyl groups is 1. The zero-order chi connectivity index (χ0) is 19.1. The van der Waals surface area contributed by atoms with E-state index >= 15 is 0 Å². The fraction of sp³-hybridized carbons (Fsp3) is 0.364. The van der Waals surface area contributed by atoms with Crippen molar-refractivity contribution in [3.05, 3.63) is 65.7 Å². The molecule has 2 aromatic carbocycles. The summed E-state index contributed by atoms with van der Waals surface area (Å²) >= 11 is 0. The lowest BCUT2D eigenvalue weighted by Crippen LogP contribution is -2.49. The summed E-state index contributed by atoms with van der Waals surface area (Å²) in [6, 6.07) is 16.1. The van der Waals surface area contributed by atoms with Crippen molar-refractivity contribution in [2.24, 2.45) is 0 Å². The molecule has 0 aliphatic carbocycles. The van der Waals surface area contributed by atoms with Gasteiger partial charge < -0.3 is 15.3 Å². The van der Waals surface area contributed by atoms with E-state index in [1.807, 2.05) is 35.2 Å². The molecule has 0 aromatic heterocycles. The number of amides is 2. The van der Waals surface area contributed by atoms with Crippen molar-refractivity contribution >= 4 is 11.8 Å². The van der Waals surface area contributed by atoms with Crippen molar-refractivity contribution in [1.82, 2.24) is 10.2 Å². The second-order valence-electron chi connectivity index (χ2n) is 7.01. The third kappa shape index (κ3) is 5.58. The summed E-state index contributed by atoms with van der Waals surface area (Å²) in [5.74, 6) is 0.0910. The van der Waals surface area contributed by atoms with Crippen molar-refractivity contribution in [3.63, 3.8) is 0 Å². The van der Waals surface area contributed by atoms with E-state index in [4.69, 9.17) is 0 Å². The van der Waals surface area contributed by atoms with Crippen LogP contribution in [-0.4, -0.2) is 41.0 Å². The van der Waals surface area contributed by atoms with Gasteiger partial charge in [0.25, 0.3) is 0 Å². The molecule has 0 saturated carbocycles. The van der Waals surface area contributed by atoms with Gasteiger partial charge in [-0.3, -0.25) is 9.59 Å². The second-order valence-corrected chi connectivity index (χ2v) is 7.01. The number of carbonyl (C=O) groups is 2. The van der Waals surface area contributed by atoms with E-state index in [1.165, 1.54) is 0 Å². The van der Waals surface area contributed by atoms with Gasteiger partial charge in [-0.25, -0.2) is 0 Å². The van der Waals surface area contributed by atoms with Crippen molar-refractivity contribution in [2.75, 3.05) is 13.1 Å². The SMILES string of the molecule is O=C(CCc1ccc(O)cc1)NC(Cc1ccccc1)C(=O)N1CCCC1. The van der Waals surface area contributed by atoms with Crippen LogP contribution in [0.25, 0.3) is 0 Å². The molecular formula is C22H26N2O3. The Labute approximate surface area is 160 Å². The van der Waals surface area contributed by atoms with Crippen molar-refractivity contribution in [3.8, 4) is 5.75 Å². The van der Waals surface area contributed by atoms with E-state index in [-0.39, 0.29) is 17.6 Å². The molecular weight excluding hydrogens is 340 g/mol. The molecule has 1 saturated heterocycles. The van der Waals surface area contributed by atoms with Crippen LogP contribution in [0.3, 0.4) is 0 Å². The Morgan fingerprint density at radius 2 is 1.63 bits per heavy atom. The van der Waals surface area contributed by atoms with E-state index in [2.05, 4.69) is 5.32 Å². The van der Waals surface area contributed by atoms with Crippen LogP contribution in [0.2, 0.25) is 0 Å². The van der Waals surface area contributed by atoms with E-state index < -0.39 is 6.04 Å². The first-order chi connectivity index (χ1) is 13.1. The lowest BCUT2D eigenvalue weighted by Gasteiger charge is -2.24. The van der Waals surface area contributed by atoms with Crippen molar-refractivity contribution in [1.29, 1.82) is 0 Å². The smallest absolute Gasteiger partial charge is 0.245 e. The molecule has 1 unspecified atom stereocenters. The average Bonchev–Trinajstić information content (AvgIpc) is 3.22. The van der Waals surface area contributed by atoms with Crippen LogP contribution in [0.5, 0.6) is 5.75 Å². The minimum atomic E-state index is -0.530. The molecule has 1 aliphatic heterocycles. The topological polar surface area (TPSA) is 69.6 Å². The van der Waals surface area contributed by atoms with Crippen molar-refractivity contribution < 1.29 is 14.7 Å². The van der Waals surface area contributed by atoms with Gasteiger partial charge >= 0.3 is 0 Å². The number of phenols is 1. The summed E-state index contributed by atoms with van der Waals surface area (Å²) in [6.07, 6.45) is 3.43. The Bertz CT molecular complexity index is 753. The highest BCUT2D eigenvalue weighted by atomic mass is 16.3. The van der Waals surface area contributed by atoms with Gasteiger partial charge in [0.05, 0.1) is 0 Å². The van der Waals surface area contributed by atoms with Crippen LogP contribution < -0.4 is 5.32 Å². The summed E-state index contributed by atoms with van der Waals surface area (Å²) in [4.78, 5) is 27.2. The Morgan fingerprint density at radius 1 is 0.963 bits per heavy atom. The number of benzene rings is 2. The quantitative estimate of drug-likeness (QED) is 0.792. The van der Waals surface area contributed by atoms with E-state index in [0.717, 1.165) is 37.1 Å². The number of phenolic OH excluding ortho intramolecular Hbond substituents is 1. The fourth-order valence-corrected chi connectivity index (χ4v) is 3.39. The number of hydrogen-bond acceptors (Lipinski definition) is 3. The Hall–Kier alpha value is -2.82. The highest BCUT2D eigenvalue weighted by molar-refractivity contribution is 5.88. The molecule has 142 valence electrons. The largest absolute Gasteiger partial charge is 0.508 e. The van der Waals surface area contributed by atoms with Crippen LogP contribution in [-0.2, 0) is 22.4 Å². The molecule has 5 nitrogen and oxygen atoms in total. The lowest BCUT2D eigenvalue weighted by atomic mass is 10.0. The van der Waals surface area contributed by atoms with E-state index in [9.17, 15) is 14.7 Å². The molecule has 2 N–H and O–H groups in total. The van der Waals surface area contributed by atoms with Gasteiger partial charge in [0.15, 0.2) is 0 Å². The van der Waals surface area contributed by atoms with E-state index in [1.54, 1.807) is 24.3 Å². The van der Waals surface area contributed by atoms with Gasteiger partial charge in [-0.15, -0.1) is 0 Å². The molecule has 2 aromatic rings. The Kier molecular flexibility index (Phi) is 6.47. The van der Waals surface area contributed by atoms with Crippen LogP contribution in [0.1, 0.15) is 30.4 Å². The molecule has 5 heteroatoms. The number of carbonyl (C=O) groups excluding carboxylic acids is 2. The standard InChI is InChI=1S/C22H26N2O3/c25-19-11-8-17(9-12-19)10-13-21(26)23-20(16-18-6-2-1-3-7-18)22(27)24-14-4-5-15-24/h1-3,6-9,11-12,20,25H,4-5,10,13-16H2,(H,23,26). The predicted octanol–water partition coefficient (Wildman–Crippen LogP) is 2.67.